The van der Waals surface area contributed by atoms with E-state index in [1.807, 2.05) is 0 Å². The maximum Gasteiger partial charge on any atom is 0.309 e. The van der Waals surface area contributed by atoms with Gasteiger partial charge in [0, 0.05) is 0 Å². The van der Waals surface area contributed by atoms with E-state index in [9.17, 15) is 9.90 Å². The summed E-state index contributed by atoms with van der Waals surface area (Å²) >= 11 is 0. The van der Waals surface area contributed by atoms with Crippen molar-refractivity contribution in [2.45, 2.75) is 19.4 Å². The lowest BCUT2D eigenvalue weighted by molar-refractivity contribution is -0.150. The Labute approximate surface area is 87.8 Å². The molecule has 0 aromatic heterocycles. The number of benzene rings is 1. The fourth-order valence-electron chi connectivity index (χ4n) is 1.29. The quantitative estimate of drug-likeness (QED) is 0.703. The SMILES string of the molecule is CC(C(=O)O)C(C)(O)c1ccc(O)cc1. The van der Waals surface area contributed by atoms with Crippen LogP contribution in [0.2, 0.25) is 0 Å². The van der Waals surface area contributed by atoms with Crippen molar-refractivity contribution in [2.75, 3.05) is 0 Å². The number of phenolic OH excluding ortho intramolecular Hbond substituents is 1. The van der Waals surface area contributed by atoms with E-state index in [-0.39, 0.29) is 5.75 Å². The molecule has 0 heterocycles. The van der Waals surface area contributed by atoms with Gasteiger partial charge in [-0.25, -0.2) is 0 Å². The van der Waals surface area contributed by atoms with Crippen molar-refractivity contribution < 1.29 is 20.1 Å². The number of rotatable bonds is 3. The van der Waals surface area contributed by atoms with Gasteiger partial charge in [0.15, 0.2) is 0 Å². The van der Waals surface area contributed by atoms with Crippen LogP contribution in [0, 0.1) is 5.92 Å². The monoisotopic (exact) mass is 210 g/mol. The summed E-state index contributed by atoms with van der Waals surface area (Å²) in [5, 5.41) is 27.9. The number of carboxylic acid groups (broad SMARTS) is 1. The summed E-state index contributed by atoms with van der Waals surface area (Å²) in [6.45, 7) is 2.88. The van der Waals surface area contributed by atoms with Crippen molar-refractivity contribution in [2.24, 2.45) is 5.92 Å². The van der Waals surface area contributed by atoms with Crippen LogP contribution < -0.4 is 0 Å². The van der Waals surface area contributed by atoms with Crippen LogP contribution in [0.4, 0.5) is 0 Å². The standard InChI is InChI=1S/C11H14O4/c1-7(10(13)14)11(2,15)8-3-5-9(12)6-4-8/h3-7,12,15H,1-2H3,(H,13,14). The molecule has 2 atom stereocenters. The molecule has 0 aliphatic carbocycles. The highest BCUT2D eigenvalue weighted by Gasteiger charge is 2.35. The molecular formula is C11H14O4. The van der Waals surface area contributed by atoms with Crippen molar-refractivity contribution in [1.29, 1.82) is 0 Å². The number of carbonyl (C=O) groups is 1. The maximum atomic E-state index is 10.8. The third-order valence-corrected chi connectivity index (χ3v) is 2.67. The maximum absolute atomic E-state index is 10.8. The Hall–Kier alpha value is -1.55. The van der Waals surface area contributed by atoms with Gasteiger partial charge in [0.05, 0.1) is 11.5 Å². The van der Waals surface area contributed by atoms with Crippen LogP contribution in [0.25, 0.3) is 0 Å². The van der Waals surface area contributed by atoms with E-state index in [4.69, 9.17) is 10.2 Å². The molecule has 1 rings (SSSR count). The van der Waals surface area contributed by atoms with E-state index in [1.165, 1.54) is 38.1 Å². The van der Waals surface area contributed by atoms with Crippen LogP contribution in [0.5, 0.6) is 5.75 Å². The predicted molar refractivity (Wildman–Crippen MR) is 54.5 cm³/mol. The smallest absolute Gasteiger partial charge is 0.309 e. The first-order chi connectivity index (χ1) is 6.85. The molecular weight excluding hydrogens is 196 g/mol. The number of hydrogen-bond donors (Lipinski definition) is 3. The summed E-state index contributed by atoms with van der Waals surface area (Å²) in [6, 6.07) is 5.85. The van der Waals surface area contributed by atoms with E-state index in [2.05, 4.69) is 0 Å². The lowest BCUT2D eigenvalue weighted by Gasteiger charge is -2.27. The highest BCUT2D eigenvalue weighted by atomic mass is 16.4. The molecule has 4 heteroatoms. The zero-order valence-corrected chi connectivity index (χ0v) is 8.64. The molecule has 0 saturated carbocycles. The normalized spacial score (nSPS) is 16.7. The molecule has 82 valence electrons. The molecule has 0 saturated heterocycles. The first kappa shape index (κ1) is 11.5. The second kappa shape index (κ2) is 3.90. The van der Waals surface area contributed by atoms with Crippen molar-refractivity contribution in [1.82, 2.24) is 0 Å². The second-order valence-electron chi connectivity index (χ2n) is 3.75. The van der Waals surface area contributed by atoms with Crippen LogP contribution in [0.15, 0.2) is 24.3 Å². The average Bonchev–Trinajstić information content (AvgIpc) is 2.17. The minimum atomic E-state index is -1.44. The minimum Gasteiger partial charge on any atom is -0.508 e. The van der Waals surface area contributed by atoms with E-state index in [0.717, 1.165) is 0 Å². The van der Waals surface area contributed by atoms with Gasteiger partial charge < -0.3 is 15.3 Å². The third-order valence-electron chi connectivity index (χ3n) is 2.67. The average molecular weight is 210 g/mol. The number of hydrogen-bond acceptors (Lipinski definition) is 3. The number of aromatic hydroxyl groups is 1. The fraction of sp³-hybridized carbons (Fsp3) is 0.364. The number of aliphatic carboxylic acids is 1. The van der Waals surface area contributed by atoms with E-state index < -0.39 is 17.5 Å². The van der Waals surface area contributed by atoms with E-state index in [0.29, 0.717) is 5.56 Å². The molecule has 15 heavy (non-hydrogen) atoms. The molecule has 0 spiro atoms. The lowest BCUT2D eigenvalue weighted by Crippen LogP contribution is -2.35. The molecule has 0 amide bonds. The van der Waals surface area contributed by atoms with Crippen LogP contribution in [0.3, 0.4) is 0 Å². The lowest BCUT2D eigenvalue weighted by atomic mass is 9.84. The van der Waals surface area contributed by atoms with Crippen LogP contribution >= 0.6 is 0 Å². The number of carboxylic acids is 1. The minimum absolute atomic E-state index is 0.0810. The van der Waals surface area contributed by atoms with Gasteiger partial charge in [-0.2, -0.15) is 0 Å². The Morgan fingerprint density at radius 1 is 1.33 bits per heavy atom. The van der Waals surface area contributed by atoms with Gasteiger partial charge in [0.2, 0.25) is 0 Å². The van der Waals surface area contributed by atoms with Crippen molar-refractivity contribution >= 4 is 5.97 Å². The zero-order chi connectivity index (χ0) is 11.6. The van der Waals surface area contributed by atoms with Gasteiger partial charge in [0.25, 0.3) is 0 Å². The van der Waals surface area contributed by atoms with Gasteiger partial charge >= 0.3 is 5.97 Å². The van der Waals surface area contributed by atoms with Gasteiger partial charge in [-0.05, 0) is 31.5 Å². The highest BCUT2D eigenvalue weighted by molar-refractivity contribution is 5.71. The Kier molecular flexibility index (Phi) is 3.00. The van der Waals surface area contributed by atoms with Gasteiger partial charge in [-0.3, -0.25) is 4.79 Å². The molecule has 0 aliphatic rings. The second-order valence-corrected chi connectivity index (χ2v) is 3.75. The summed E-state index contributed by atoms with van der Waals surface area (Å²) in [5.41, 5.74) is -0.977. The predicted octanol–water partition coefficient (Wildman–Crippen LogP) is 1.32. The summed E-state index contributed by atoms with van der Waals surface area (Å²) < 4.78 is 0. The molecule has 1 aromatic carbocycles. The first-order valence-corrected chi connectivity index (χ1v) is 4.60. The van der Waals surface area contributed by atoms with Gasteiger partial charge in [0.1, 0.15) is 5.75 Å². The van der Waals surface area contributed by atoms with Gasteiger partial charge in [-0.15, -0.1) is 0 Å². The highest BCUT2D eigenvalue weighted by Crippen LogP contribution is 2.30. The van der Waals surface area contributed by atoms with E-state index >= 15 is 0 Å². The summed E-state index contributed by atoms with van der Waals surface area (Å²) in [7, 11) is 0. The largest absolute Gasteiger partial charge is 0.508 e. The van der Waals surface area contributed by atoms with Gasteiger partial charge in [-0.1, -0.05) is 12.1 Å². The third kappa shape index (κ3) is 2.27. The topological polar surface area (TPSA) is 77.8 Å². The molecule has 0 bridgehead atoms. The summed E-state index contributed by atoms with van der Waals surface area (Å²) in [5.74, 6) is -1.90. The first-order valence-electron chi connectivity index (χ1n) is 4.60. The Balaban J connectivity index is 3.05. The number of aliphatic hydroxyl groups is 1. The van der Waals surface area contributed by atoms with E-state index in [1.54, 1.807) is 0 Å². The molecule has 3 N–H and O–H groups in total. The van der Waals surface area contributed by atoms with Crippen LogP contribution in [0.1, 0.15) is 19.4 Å². The van der Waals surface area contributed by atoms with Crippen LogP contribution in [-0.4, -0.2) is 21.3 Å². The molecule has 0 fully saturated rings. The number of phenols is 1. The molecule has 0 aliphatic heterocycles. The van der Waals surface area contributed by atoms with Crippen molar-refractivity contribution in [3.8, 4) is 5.75 Å². The zero-order valence-electron chi connectivity index (χ0n) is 8.64. The summed E-state index contributed by atoms with van der Waals surface area (Å²) in [6.07, 6.45) is 0. The summed E-state index contributed by atoms with van der Waals surface area (Å²) in [4.78, 5) is 10.8. The van der Waals surface area contributed by atoms with Crippen molar-refractivity contribution in [3.05, 3.63) is 29.8 Å². The fourth-order valence-corrected chi connectivity index (χ4v) is 1.29. The Morgan fingerprint density at radius 3 is 2.20 bits per heavy atom. The molecule has 1 aromatic rings. The van der Waals surface area contributed by atoms with Crippen LogP contribution in [-0.2, 0) is 10.4 Å². The van der Waals surface area contributed by atoms with Crippen molar-refractivity contribution in [3.63, 3.8) is 0 Å². The molecule has 0 radical (unpaired) electrons. The molecule has 4 nitrogen and oxygen atoms in total. The Morgan fingerprint density at radius 2 is 1.80 bits per heavy atom. The molecule has 2 unspecified atom stereocenters. The Bertz CT molecular complexity index is 353.